The highest BCUT2D eigenvalue weighted by Crippen LogP contribution is 2.60. The second kappa shape index (κ2) is 4.94. The van der Waals surface area contributed by atoms with Crippen molar-refractivity contribution < 1.29 is 9.90 Å². The van der Waals surface area contributed by atoms with Crippen LogP contribution < -0.4 is 5.11 Å². The molecular formula is C12H15Cl2O2Si-. The van der Waals surface area contributed by atoms with Crippen molar-refractivity contribution in [3.63, 3.8) is 0 Å². The van der Waals surface area contributed by atoms with E-state index in [-0.39, 0.29) is 16.9 Å². The largest absolute Gasteiger partial charge is 0.550 e. The third-order valence-electron chi connectivity index (χ3n) is 4.15. The fourth-order valence-corrected chi connectivity index (χ4v) is 5.65. The summed E-state index contributed by atoms with van der Waals surface area (Å²) in [5, 5.41) is 11.3. The highest BCUT2D eigenvalue weighted by atomic mass is 35.5. The molecule has 4 atom stereocenters. The van der Waals surface area contributed by atoms with Crippen LogP contribution in [0.3, 0.4) is 0 Å². The molecule has 0 saturated heterocycles. The molecule has 2 bridgehead atoms. The minimum absolute atomic E-state index is 0.251. The second-order valence-corrected chi connectivity index (χ2v) is 8.41. The molecule has 2 aliphatic rings. The average molecular weight is 290 g/mol. The third-order valence-corrected chi connectivity index (χ3v) is 6.51. The first kappa shape index (κ1) is 13.4. The fourth-order valence-electron chi connectivity index (χ4n) is 3.47. The van der Waals surface area contributed by atoms with Crippen molar-refractivity contribution >= 4 is 38.7 Å². The van der Waals surface area contributed by atoms with Crippen LogP contribution in [0.4, 0.5) is 0 Å². The maximum atomic E-state index is 11.3. The van der Waals surface area contributed by atoms with Crippen LogP contribution in [0.25, 0.3) is 0 Å². The van der Waals surface area contributed by atoms with Gasteiger partial charge in [0.15, 0.2) is 0 Å². The SMILES string of the molecule is CCC([Si]C(Cl)Cl)C12C=CC(CC1C(=O)[O-])C2. The predicted molar refractivity (Wildman–Crippen MR) is 68.1 cm³/mol. The molecule has 2 aliphatic carbocycles. The zero-order chi connectivity index (χ0) is 12.6. The molecule has 0 heterocycles. The van der Waals surface area contributed by atoms with Gasteiger partial charge in [-0.05, 0) is 29.7 Å². The van der Waals surface area contributed by atoms with Gasteiger partial charge in [0.05, 0.1) is 14.0 Å². The Bertz CT molecular complexity index is 345. The van der Waals surface area contributed by atoms with Gasteiger partial charge in [-0.1, -0.05) is 25.5 Å². The van der Waals surface area contributed by atoms with E-state index in [9.17, 15) is 9.90 Å². The van der Waals surface area contributed by atoms with Crippen LogP contribution in [-0.2, 0) is 4.79 Å². The third kappa shape index (κ3) is 2.29. The first-order valence-corrected chi connectivity index (χ1v) is 7.96. The van der Waals surface area contributed by atoms with E-state index in [2.05, 4.69) is 19.1 Å². The molecule has 2 nitrogen and oxygen atoms in total. The number of aliphatic carboxylic acids is 1. The Hall–Kier alpha value is 0.00688. The summed E-state index contributed by atoms with van der Waals surface area (Å²) in [4.78, 5) is 11.3. The number of halogens is 2. The van der Waals surface area contributed by atoms with E-state index in [1.807, 2.05) is 0 Å². The van der Waals surface area contributed by atoms with E-state index < -0.39 is 10.4 Å². The van der Waals surface area contributed by atoms with Gasteiger partial charge in [-0.15, -0.1) is 23.2 Å². The normalized spacial score (nSPS) is 36.7. The molecule has 0 aliphatic heterocycles. The lowest BCUT2D eigenvalue weighted by molar-refractivity contribution is -0.314. The van der Waals surface area contributed by atoms with Gasteiger partial charge in [-0.2, -0.15) is 0 Å². The number of allylic oxidation sites excluding steroid dienone is 2. The number of carboxylic acids is 1. The van der Waals surface area contributed by atoms with E-state index in [4.69, 9.17) is 23.2 Å². The van der Waals surface area contributed by atoms with Crippen LogP contribution in [0, 0.1) is 17.3 Å². The topological polar surface area (TPSA) is 40.1 Å². The molecule has 0 aromatic rings. The first-order chi connectivity index (χ1) is 7.99. The monoisotopic (exact) mass is 289 g/mol. The van der Waals surface area contributed by atoms with Crippen molar-refractivity contribution in [1.82, 2.24) is 0 Å². The standard InChI is InChI=1S/C12H16Cl2O2Si/c1-2-9(17-11(13)14)12-4-3-7(6-12)5-8(12)10(15)16/h3-4,7-9,11H,2,5-6H2,1H3,(H,15,16)/p-1. The van der Waals surface area contributed by atoms with Crippen LogP contribution in [0.15, 0.2) is 12.2 Å². The summed E-state index contributed by atoms with van der Waals surface area (Å²) >= 11 is 11.8. The molecule has 94 valence electrons. The summed E-state index contributed by atoms with van der Waals surface area (Å²) in [6.07, 6.45) is 6.81. The Kier molecular flexibility index (Phi) is 3.91. The lowest BCUT2D eigenvalue weighted by Crippen LogP contribution is -2.43. The lowest BCUT2D eigenvalue weighted by atomic mass is 9.74. The van der Waals surface area contributed by atoms with E-state index in [1.165, 1.54) is 0 Å². The van der Waals surface area contributed by atoms with E-state index in [0.717, 1.165) is 19.3 Å². The van der Waals surface area contributed by atoms with Crippen LogP contribution in [0.2, 0.25) is 5.54 Å². The van der Waals surface area contributed by atoms with Crippen LogP contribution in [-0.4, -0.2) is 19.9 Å². The lowest BCUT2D eigenvalue weighted by Gasteiger charge is -2.40. The van der Waals surface area contributed by atoms with E-state index in [1.54, 1.807) is 0 Å². The predicted octanol–water partition coefficient (Wildman–Crippen LogP) is 1.98. The van der Waals surface area contributed by atoms with Crippen molar-refractivity contribution in [2.75, 3.05) is 0 Å². The summed E-state index contributed by atoms with van der Waals surface area (Å²) < 4.78 is -0.398. The molecule has 2 radical (unpaired) electrons. The maximum absolute atomic E-state index is 11.3. The highest BCUT2D eigenvalue weighted by Gasteiger charge is 2.53. The molecule has 0 spiro atoms. The zero-order valence-electron chi connectivity index (χ0n) is 9.66. The van der Waals surface area contributed by atoms with E-state index >= 15 is 0 Å². The highest BCUT2D eigenvalue weighted by molar-refractivity contribution is 6.69. The van der Waals surface area contributed by atoms with Gasteiger partial charge >= 0.3 is 0 Å². The van der Waals surface area contributed by atoms with Gasteiger partial charge in [-0.25, -0.2) is 0 Å². The zero-order valence-corrected chi connectivity index (χ0v) is 12.2. The quantitative estimate of drug-likeness (QED) is 0.441. The molecule has 2 rings (SSSR count). The number of alkyl halides is 2. The molecule has 1 saturated carbocycles. The number of carboxylic acid groups (broad SMARTS) is 1. The van der Waals surface area contributed by atoms with E-state index in [0.29, 0.717) is 15.4 Å². The Morgan fingerprint density at radius 3 is 2.82 bits per heavy atom. The number of hydrogen-bond acceptors (Lipinski definition) is 2. The van der Waals surface area contributed by atoms with Gasteiger partial charge in [0, 0.05) is 11.9 Å². The number of rotatable bonds is 5. The molecule has 0 N–H and O–H groups in total. The minimum atomic E-state index is -0.916. The Morgan fingerprint density at radius 1 is 1.65 bits per heavy atom. The van der Waals surface area contributed by atoms with Crippen molar-refractivity contribution in [2.45, 2.75) is 36.2 Å². The fraction of sp³-hybridized carbons (Fsp3) is 0.750. The molecular weight excluding hydrogens is 275 g/mol. The summed E-state index contributed by atoms with van der Waals surface area (Å²) in [5.74, 6) is -0.872. The van der Waals surface area contributed by atoms with Crippen LogP contribution in [0.5, 0.6) is 0 Å². The molecule has 1 fully saturated rings. The van der Waals surface area contributed by atoms with Crippen molar-refractivity contribution in [1.29, 1.82) is 0 Å². The number of fused-ring (bicyclic) bond motifs is 2. The first-order valence-electron chi connectivity index (χ1n) is 5.94. The van der Waals surface area contributed by atoms with Crippen LogP contribution in [0.1, 0.15) is 26.2 Å². The van der Waals surface area contributed by atoms with Gasteiger partial charge in [0.1, 0.15) is 0 Å². The van der Waals surface area contributed by atoms with Crippen molar-refractivity contribution in [2.24, 2.45) is 17.3 Å². The second-order valence-electron chi connectivity index (χ2n) is 4.97. The summed E-state index contributed by atoms with van der Waals surface area (Å²) in [6.45, 7) is 2.08. The maximum Gasteiger partial charge on any atom is 0.0932 e. The minimum Gasteiger partial charge on any atom is -0.550 e. The molecule has 0 aromatic heterocycles. The van der Waals surface area contributed by atoms with Gasteiger partial charge < -0.3 is 9.90 Å². The van der Waals surface area contributed by atoms with Gasteiger partial charge in [0.25, 0.3) is 0 Å². The Balaban J connectivity index is 2.25. The molecule has 17 heavy (non-hydrogen) atoms. The molecule has 5 heteroatoms. The number of carbonyl (C=O) groups excluding carboxylic acids is 1. The Labute approximate surface area is 114 Å². The summed E-state index contributed by atoms with van der Waals surface area (Å²) in [7, 11) is 0.385. The smallest absolute Gasteiger partial charge is 0.0932 e. The van der Waals surface area contributed by atoms with Gasteiger partial charge in [0.2, 0.25) is 0 Å². The van der Waals surface area contributed by atoms with Gasteiger partial charge in [-0.3, -0.25) is 0 Å². The average Bonchev–Trinajstić information content (AvgIpc) is 2.83. The molecule has 4 unspecified atom stereocenters. The van der Waals surface area contributed by atoms with Crippen molar-refractivity contribution in [3.05, 3.63) is 12.2 Å². The summed E-state index contributed by atoms with van der Waals surface area (Å²) in [6, 6.07) is 0. The molecule has 0 amide bonds. The number of carbonyl (C=O) groups is 1. The summed E-state index contributed by atoms with van der Waals surface area (Å²) in [5.41, 5.74) is 0.00721. The molecule has 0 aromatic carbocycles. The van der Waals surface area contributed by atoms with Crippen LogP contribution >= 0.6 is 23.2 Å². The van der Waals surface area contributed by atoms with Crippen molar-refractivity contribution in [3.8, 4) is 0 Å². The number of hydrogen-bond donors (Lipinski definition) is 0. The Morgan fingerprint density at radius 2 is 2.35 bits per heavy atom.